The number of methoxy groups -OCH3 is 2. The maximum Gasteiger partial charge on any atom is 0.256 e. The van der Waals surface area contributed by atoms with Gasteiger partial charge in [-0.1, -0.05) is 0 Å². The number of fused-ring (bicyclic) bond motifs is 1. The molecule has 0 spiro atoms. The van der Waals surface area contributed by atoms with E-state index in [1.807, 2.05) is 19.3 Å². The molecule has 154 valence electrons. The summed E-state index contributed by atoms with van der Waals surface area (Å²) < 4.78 is 35.9. The number of ether oxygens (including phenoxy) is 2. The summed E-state index contributed by atoms with van der Waals surface area (Å²) in [6.45, 7) is 0. The predicted octanol–water partition coefficient (Wildman–Crippen LogP) is 2.06. The molecule has 0 unspecified atom stereocenters. The summed E-state index contributed by atoms with van der Waals surface area (Å²) in [5.41, 5.74) is 0.793. The van der Waals surface area contributed by atoms with E-state index in [0.717, 1.165) is 29.7 Å². The van der Waals surface area contributed by atoms with Crippen molar-refractivity contribution in [3.05, 3.63) is 30.9 Å². The highest BCUT2D eigenvalue weighted by atomic mass is 32.2. The molecule has 0 atom stereocenters. The van der Waals surface area contributed by atoms with Crippen molar-refractivity contribution < 1.29 is 17.9 Å². The van der Waals surface area contributed by atoms with E-state index in [0.29, 0.717) is 5.75 Å². The Bertz CT molecular complexity index is 1120. The minimum atomic E-state index is -3.46. The third kappa shape index (κ3) is 3.59. The van der Waals surface area contributed by atoms with Gasteiger partial charge >= 0.3 is 0 Å². The van der Waals surface area contributed by atoms with Gasteiger partial charge in [0.2, 0.25) is 0 Å². The van der Waals surface area contributed by atoms with Crippen molar-refractivity contribution in [2.24, 2.45) is 5.92 Å². The van der Waals surface area contributed by atoms with Crippen LogP contribution in [0.25, 0.3) is 11.0 Å². The third-order valence-electron chi connectivity index (χ3n) is 5.45. The number of hydrogen-bond donors (Lipinski definition) is 1. The number of rotatable bonds is 7. The quantitative estimate of drug-likeness (QED) is 0.622. The molecule has 0 saturated heterocycles. The van der Waals surface area contributed by atoms with Gasteiger partial charge in [0.15, 0.2) is 15.6 Å². The Hall–Kier alpha value is -2.88. The highest BCUT2D eigenvalue weighted by Crippen LogP contribution is 2.37. The molecule has 0 radical (unpaired) electrons. The van der Waals surface area contributed by atoms with E-state index < -0.39 is 9.84 Å². The van der Waals surface area contributed by atoms with Crippen LogP contribution in [0, 0.1) is 5.92 Å². The van der Waals surface area contributed by atoms with E-state index in [-0.39, 0.29) is 28.5 Å². The molecule has 3 aromatic rings. The Morgan fingerprint density at radius 2 is 2.00 bits per heavy atom. The minimum Gasteiger partial charge on any atom is -0.491 e. The second-order valence-corrected chi connectivity index (χ2v) is 9.24. The average Bonchev–Trinajstić information content (AvgIpc) is 3.18. The highest BCUT2D eigenvalue weighted by molar-refractivity contribution is 7.91. The van der Waals surface area contributed by atoms with Gasteiger partial charge in [0, 0.05) is 31.5 Å². The van der Waals surface area contributed by atoms with E-state index in [2.05, 4.69) is 24.8 Å². The van der Waals surface area contributed by atoms with Gasteiger partial charge in [0.1, 0.15) is 17.8 Å². The van der Waals surface area contributed by atoms with Crippen LogP contribution in [0.4, 0.5) is 5.82 Å². The standard InChI is InChI=1S/C19H23N5O4S/c1-24(18-15-4-5-20-17(15)22-11-23-18)13-6-12(7-13)10-29(25,26)14-8-16(27-2)19(28-3)21-9-14/h4-5,8-9,11-13H,6-7,10H2,1-3H3,(H,20,22,23). The van der Waals surface area contributed by atoms with Crippen molar-refractivity contribution in [1.82, 2.24) is 19.9 Å². The van der Waals surface area contributed by atoms with Gasteiger partial charge in [-0.05, 0) is 24.8 Å². The van der Waals surface area contributed by atoms with E-state index in [4.69, 9.17) is 9.47 Å². The van der Waals surface area contributed by atoms with Gasteiger partial charge in [-0.2, -0.15) is 0 Å². The smallest absolute Gasteiger partial charge is 0.256 e. The maximum atomic E-state index is 12.8. The summed E-state index contributed by atoms with van der Waals surface area (Å²) in [5.74, 6) is 1.59. The first-order chi connectivity index (χ1) is 13.9. The summed E-state index contributed by atoms with van der Waals surface area (Å²) >= 11 is 0. The van der Waals surface area contributed by atoms with Crippen LogP contribution in [0.5, 0.6) is 11.6 Å². The predicted molar refractivity (Wildman–Crippen MR) is 108 cm³/mol. The molecule has 3 heterocycles. The zero-order valence-electron chi connectivity index (χ0n) is 16.5. The van der Waals surface area contributed by atoms with Crippen LogP contribution in [0.15, 0.2) is 35.7 Å². The molecule has 1 aliphatic carbocycles. The summed E-state index contributed by atoms with van der Waals surface area (Å²) in [5, 5.41) is 0.961. The molecular weight excluding hydrogens is 394 g/mol. The molecule has 1 aliphatic rings. The minimum absolute atomic E-state index is 0.0812. The largest absolute Gasteiger partial charge is 0.491 e. The molecular formula is C19H23N5O4S. The summed E-state index contributed by atoms with van der Waals surface area (Å²) in [6.07, 6.45) is 6.26. The van der Waals surface area contributed by atoms with Gasteiger partial charge < -0.3 is 19.4 Å². The lowest BCUT2D eigenvalue weighted by Gasteiger charge is -2.41. The van der Waals surface area contributed by atoms with Crippen molar-refractivity contribution in [3.8, 4) is 11.6 Å². The highest BCUT2D eigenvalue weighted by Gasteiger charge is 2.36. The normalized spacial score (nSPS) is 19.0. The van der Waals surface area contributed by atoms with Crippen LogP contribution in [-0.2, 0) is 9.84 Å². The van der Waals surface area contributed by atoms with Crippen molar-refractivity contribution in [2.75, 3.05) is 31.9 Å². The maximum absolute atomic E-state index is 12.8. The number of aromatic amines is 1. The zero-order valence-corrected chi connectivity index (χ0v) is 17.3. The summed E-state index contributed by atoms with van der Waals surface area (Å²) in [7, 11) is 1.44. The Labute approximate surface area is 169 Å². The first-order valence-electron chi connectivity index (χ1n) is 9.24. The number of aromatic nitrogens is 4. The number of anilines is 1. The molecule has 29 heavy (non-hydrogen) atoms. The van der Waals surface area contributed by atoms with Gasteiger partial charge in [0.05, 0.1) is 30.3 Å². The van der Waals surface area contributed by atoms with Gasteiger partial charge in [-0.3, -0.25) is 0 Å². The third-order valence-corrected chi connectivity index (χ3v) is 7.30. The van der Waals surface area contributed by atoms with Crippen LogP contribution >= 0.6 is 0 Å². The van der Waals surface area contributed by atoms with Gasteiger partial charge in [-0.25, -0.2) is 23.4 Å². The molecule has 1 fully saturated rings. The molecule has 9 nitrogen and oxygen atoms in total. The van der Waals surface area contributed by atoms with E-state index in [1.54, 1.807) is 0 Å². The second-order valence-electron chi connectivity index (χ2n) is 7.20. The molecule has 0 bridgehead atoms. The number of H-pyrrole nitrogens is 1. The van der Waals surface area contributed by atoms with Crippen LogP contribution in [0.3, 0.4) is 0 Å². The van der Waals surface area contributed by atoms with Crippen LogP contribution in [-0.4, -0.2) is 61.4 Å². The van der Waals surface area contributed by atoms with Crippen molar-refractivity contribution in [3.63, 3.8) is 0 Å². The monoisotopic (exact) mass is 417 g/mol. The summed E-state index contributed by atoms with van der Waals surface area (Å²) in [4.78, 5) is 18.0. The fourth-order valence-corrected chi connectivity index (χ4v) is 5.34. The lowest BCUT2D eigenvalue weighted by molar-refractivity contribution is 0.282. The Morgan fingerprint density at radius 3 is 2.72 bits per heavy atom. The molecule has 3 aromatic heterocycles. The van der Waals surface area contributed by atoms with Crippen molar-refractivity contribution in [1.29, 1.82) is 0 Å². The topological polar surface area (TPSA) is 110 Å². The molecule has 0 aliphatic heterocycles. The second kappa shape index (κ2) is 7.51. The SMILES string of the molecule is COc1cc(S(=O)(=O)CC2CC(N(C)c3ncnc4[nH]ccc34)C2)cnc1OC. The van der Waals surface area contributed by atoms with Crippen molar-refractivity contribution in [2.45, 2.75) is 23.8 Å². The molecule has 4 rings (SSSR count). The molecule has 1 N–H and O–H groups in total. The fourth-order valence-electron chi connectivity index (χ4n) is 3.76. The molecule has 10 heteroatoms. The first kappa shape index (κ1) is 19.4. The van der Waals surface area contributed by atoms with E-state index in [1.165, 1.54) is 32.8 Å². The summed E-state index contributed by atoms with van der Waals surface area (Å²) in [6, 6.07) is 3.66. The van der Waals surface area contributed by atoms with Crippen LogP contribution in [0.1, 0.15) is 12.8 Å². The van der Waals surface area contributed by atoms with Gasteiger partial charge in [0.25, 0.3) is 5.88 Å². The average molecular weight is 417 g/mol. The number of pyridine rings is 1. The van der Waals surface area contributed by atoms with Gasteiger partial charge in [-0.15, -0.1) is 0 Å². The fraction of sp³-hybridized carbons (Fsp3) is 0.421. The molecule has 0 aromatic carbocycles. The number of sulfone groups is 1. The van der Waals surface area contributed by atoms with Crippen LogP contribution in [0.2, 0.25) is 0 Å². The first-order valence-corrected chi connectivity index (χ1v) is 10.9. The lowest BCUT2D eigenvalue weighted by Crippen LogP contribution is -2.45. The Kier molecular flexibility index (Phi) is 5.03. The Balaban J connectivity index is 1.43. The number of nitrogens with zero attached hydrogens (tertiary/aromatic N) is 4. The zero-order chi connectivity index (χ0) is 20.6. The van der Waals surface area contributed by atoms with Crippen molar-refractivity contribution >= 4 is 26.7 Å². The molecule has 1 saturated carbocycles. The van der Waals surface area contributed by atoms with E-state index in [9.17, 15) is 8.42 Å². The number of nitrogens with one attached hydrogen (secondary N) is 1. The Morgan fingerprint density at radius 1 is 1.21 bits per heavy atom. The number of hydrogen-bond acceptors (Lipinski definition) is 8. The molecule has 0 amide bonds. The van der Waals surface area contributed by atoms with Crippen LogP contribution < -0.4 is 14.4 Å². The van der Waals surface area contributed by atoms with E-state index >= 15 is 0 Å². The lowest BCUT2D eigenvalue weighted by atomic mass is 9.81.